The summed E-state index contributed by atoms with van der Waals surface area (Å²) in [4.78, 5) is 24.7. The van der Waals surface area contributed by atoms with Gasteiger partial charge in [-0.25, -0.2) is 0 Å². The van der Waals surface area contributed by atoms with Crippen LogP contribution in [-0.2, 0) is 14.3 Å². The van der Waals surface area contributed by atoms with Gasteiger partial charge in [0.25, 0.3) is 5.91 Å². The first-order chi connectivity index (χ1) is 13.8. The van der Waals surface area contributed by atoms with Crippen molar-refractivity contribution in [3.05, 3.63) is 59.2 Å². The molecule has 6 heteroatoms. The maximum Gasteiger partial charge on any atom is 0.308 e. The lowest BCUT2D eigenvalue weighted by Gasteiger charge is -2.20. The van der Waals surface area contributed by atoms with Gasteiger partial charge in [-0.15, -0.1) is 0 Å². The van der Waals surface area contributed by atoms with Gasteiger partial charge in [-0.3, -0.25) is 9.59 Å². The van der Waals surface area contributed by atoms with Crippen molar-refractivity contribution in [2.75, 3.05) is 13.7 Å². The summed E-state index contributed by atoms with van der Waals surface area (Å²) in [6.07, 6.45) is -0.192. The number of benzene rings is 2. The Labute approximate surface area is 172 Å². The zero-order chi connectivity index (χ0) is 21.4. The van der Waals surface area contributed by atoms with Crippen molar-refractivity contribution in [2.45, 2.75) is 46.3 Å². The minimum atomic E-state index is -0.525. The smallest absolute Gasteiger partial charge is 0.308 e. The summed E-state index contributed by atoms with van der Waals surface area (Å²) in [5.74, 6) is 0.637. The second-order valence-corrected chi connectivity index (χ2v) is 7.25. The third-order valence-electron chi connectivity index (χ3n) is 4.16. The van der Waals surface area contributed by atoms with Crippen LogP contribution in [0.2, 0.25) is 0 Å². The van der Waals surface area contributed by atoms with Crippen LogP contribution < -0.4 is 14.8 Å². The molecule has 0 aromatic heterocycles. The van der Waals surface area contributed by atoms with Crippen LogP contribution in [-0.4, -0.2) is 31.7 Å². The first-order valence-electron chi connectivity index (χ1n) is 9.60. The molecular weight excluding hydrogens is 370 g/mol. The Hall–Kier alpha value is -3.02. The standard InChI is InChI=1S/C23H29NO5/c1-15(2)29-23(26)13-21(18-6-8-19(27-5)9-7-18)24-22(25)14-28-20-11-16(3)10-17(4)12-20/h6-12,15,21H,13-14H2,1-5H3,(H,24,25). The van der Waals surface area contributed by atoms with E-state index >= 15 is 0 Å². The second-order valence-electron chi connectivity index (χ2n) is 7.25. The fourth-order valence-electron chi connectivity index (χ4n) is 2.97. The summed E-state index contributed by atoms with van der Waals surface area (Å²) in [6, 6.07) is 12.5. The van der Waals surface area contributed by atoms with E-state index in [1.807, 2.05) is 44.2 Å². The molecule has 1 amide bonds. The van der Waals surface area contributed by atoms with Gasteiger partial charge in [0.1, 0.15) is 11.5 Å². The Kier molecular flexibility index (Phi) is 8.07. The molecule has 0 spiro atoms. The van der Waals surface area contributed by atoms with Crippen LogP contribution in [0.15, 0.2) is 42.5 Å². The van der Waals surface area contributed by atoms with Crippen molar-refractivity contribution in [1.82, 2.24) is 5.32 Å². The fraction of sp³-hybridized carbons (Fsp3) is 0.391. The molecule has 0 aliphatic heterocycles. The van der Waals surface area contributed by atoms with Crippen LogP contribution >= 0.6 is 0 Å². The average Bonchev–Trinajstić information content (AvgIpc) is 2.64. The van der Waals surface area contributed by atoms with Crippen LogP contribution in [0.4, 0.5) is 0 Å². The highest BCUT2D eigenvalue weighted by molar-refractivity contribution is 5.79. The minimum Gasteiger partial charge on any atom is -0.497 e. The molecule has 1 N–H and O–H groups in total. The molecule has 0 saturated heterocycles. The lowest BCUT2D eigenvalue weighted by atomic mass is 10.0. The maximum absolute atomic E-state index is 12.5. The predicted octanol–water partition coefficient (Wildman–Crippen LogP) is 3.89. The van der Waals surface area contributed by atoms with E-state index in [0.717, 1.165) is 16.7 Å². The van der Waals surface area contributed by atoms with E-state index in [1.165, 1.54) is 0 Å². The Morgan fingerprint density at radius 2 is 1.59 bits per heavy atom. The van der Waals surface area contributed by atoms with E-state index in [-0.39, 0.29) is 31.0 Å². The number of carbonyl (C=O) groups excluding carboxylic acids is 2. The Bertz CT molecular complexity index is 809. The highest BCUT2D eigenvalue weighted by atomic mass is 16.5. The number of hydrogen-bond donors (Lipinski definition) is 1. The van der Waals surface area contributed by atoms with Gasteiger partial charge in [-0.2, -0.15) is 0 Å². The van der Waals surface area contributed by atoms with E-state index in [0.29, 0.717) is 11.5 Å². The summed E-state index contributed by atoms with van der Waals surface area (Å²) in [5, 5.41) is 2.87. The molecule has 0 radical (unpaired) electrons. The molecule has 2 aromatic rings. The minimum absolute atomic E-state index is 0.0276. The highest BCUT2D eigenvalue weighted by Gasteiger charge is 2.20. The van der Waals surface area contributed by atoms with Crippen LogP contribution in [0, 0.1) is 13.8 Å². The van der Waals surface area contributed by atoms with Crippen LogP contribution in [0.25, 0.3) is 0 Å². The van der Waals surface area contributed by atoms with Crippen LogP contribution in [0.5, 0.6) is 11.5 Å². The Balaban J connectivity index is 2.06. The summed E-state index contributed by atoms with van der Waals surface area (Å²) >= 11 is 0. The lowest BCUT2D eigenvalue weighted by molar-refractivity contribution is -0.148. The molecule has 2 rings (SSSR count). The molecule has 29 heavy (non-hydrogen) atoms. The molecule has 0 aliphatic carbocycles. The molecule has 156 valence electrons. The molecule has 2 aromatic carbocycles. The van der Waals surface area contributed by atoms with Crippen molar-refractivity contribution >= 4 is 11.9 Å². The largest absolute Gasteiger partial charge is 0.497 e. The van der Waals surface area contributed by atoms with Crippen molar-refractivity contribution in [3.63, 3.8) is 0 Å². The van der Waals surface area contributed by atoms with Gasteiger partial charge in [0, 0.05) is 0 Å². The topological polar surface area (TPSA) is 73.9 Å². The van der Waals surface area contributed by atoms with Crippen molar-refractivity contribution < 1.29 is 23.8 Å². The van der Waals surface area contributed by atoms with Gasteiger partial charge >= 0.3 is 5.97 Å². The number of ether oxygens (including phenoxy) is 3. The zero-order valence-corrected chi connectivity index (χ0v) is 17.7. The molecule has 0 saturated carbocycles. The van der Waals surface area contributed by atoms with Crippen LogP contribution in [0.1, 0.15) is 43.0 Å². The number of hydrogen-bond acceptors (Lipinski definition) is 5. The van der Waals surface area contributed by atoms with Crippen molar-refractivity contribution in [1.29, 1.82) is 0 Å². The van der Waals surface area contributed by atoms with Gasteiger partial charge in [-0.05, 0) is 68.7 Å². The van der Waals surface area contributed by atoms with E-state index < -0.39 is 6.04 Å². The van der Waals surface area contributed by atoms with E-state index in [1.54, 1.807) is 33.1 Å². The van der Waals surface area contributed by atoms with Gasteiger partial charge in [-0.1, -0.05) is 18.2 Å². The van der Waals surface area contributed by atoms with Gasteiger partial charge < -0.3 is 19.5 Å². The molecule has 0 aliphatic rings. The number of rotatable bonds is 9. The van der Waals surface area contributed by atoms with Gasteiger partial charge in [0.05, 0.1) is 25.7 Å². The third-order valence-corrected chi connectivity index (χ3v) is 4.16. The third kappa shape index (κ3) is 7.49. The Morgan fingerprint density at radius 3 is 2.14 bits per heavy atom. The number of aryl methyl sites for hydroxylation is 2. The first kappa shape index (κ1) is 22.3. The number of carbonyl (C=O) groups is 2. The lowest BCUT2D eigenvalue weighted by Crippen LogP contribution is -2.34. The average molecular weight is 399 g/mol. The number of methoxy groups -OCH3 is 1. The molecule has 0 fully saturated rings. The number of amides is 1. The van der Waals surface area contributed by atoms with E-state index in [2.05, 4.69) is 5.32 Å². The summed E-state index contributed by atoms with van der Waals surface area (Å²) in [7, 11) is 1.58. The molecule has 6 nitrogen and oxygen atoms in total. The summed E-state index contributed by atoms with van der Waals surface area (Å²) in [5.41, 5.74) is 2.91. The number of esters is 1. The van der Waals surface area contributed by atoms with Crippen molar-refractivity contribution in [2.24, 2.45) is 0 Å². The quantitative estimate of drug-likeness (QED) is 0.648. The fourth-order valence-corrected chi connectivity index (χ4v) is 2.97. The first-order valence-corrected chi connectivity index (χ1v) is 9.60. The Morgan fingerprint density at radius 1 is 0.966 bits per heavy atom. The normalized spacial score (nSPS) is 11.7. The van der Waals surface area contributed by atoms with Crippen LogP contribution in [0.3, 0.4) is 0 Å². The predicted molar refractivity (Wildman–Crippen MR) is 111 cm³/mol. The second kappa shape index (κ2) is 10.5. The monoisotopic (exact) mass is 399 g/mol. The zero-order valence-electron chi connectivity index (χ0n) is 17.7. The summed E-state index contributed by atoms with van der Waals surface area (Å²) in [6.45, 7) is 7.38. The highest BCUT2D eigenvalue weighted by Crippen LogP contribution is 2.21. The molecule has 0 heterocycles. The molecule has 1 atom stereocenters. The molecule has 1 unspecified atom stereocenters. The maximum atomic E-state index is 12.5. The van der Waals surface area contributed by atoms with E-state index in [4.69, 9.17) is 14.2 Å². The van der Waals surface area contributed by atoms with E-state index in [9.17, 15) is 9.59 Å². The van der Waals surface area contributed by atoms with Gasteiger partial charge in [0.2, 0.25) is 0 Å². The molecular formula is C23H29NO5. The SMILES string of the molecule is COc1ccc(C(CC(=O)OC(C)C)NC(=O)COc2cc(C)cc(C)c2)cc1. The number of nitrogens with one attached hydrogen (secondary N) is 1. The van der Waals surface area contributed by atoms with Crippen molar-refractivity contribution in [3.8, 4) is 11.5 Å². The summed E-state index contributed by atoms with van der Waals surface area (Å²) < 4.78 is 16.0. The molecule has 0 bridgehead atoms. The van der Waals surface area contributed by atoms with Gasteiger partial charge in [0.15, 0.2) is 6.61 Å².